The molecule has 1 atom stereocenters. The molecule has 4 nitrogen and oxygen atoms in total. The van der Waals surface area contributed by atoms with E-state index < -0.39 is 0 Å². The number of amides is 1. The first-order valence-electron chi connectivity index (χ1n) is 7.69. The van der Waals surface area contributed by atoms with Gasteiger partial charge in [0.15, 0.2) is 5.78 Å². The van der Waals surface area contributed by atoms with Gasteiger partial charge in [0.05, 0.1) is 0 Å². The third-order valence-corrected chi connectivity index (χ3v) is 3.42. The Labute approximate surface area is 127 Å². The molecule has 0 bridgehead atoms. The van der Waals surface area contributed by atoms with Crippen molar-refractivity contribution in [3.05, 3.63) is 35.4 Å². The predicted octanol–water partition coefficient (Wildman–Crippen LogP) is 2.33. The molecular weight excluding hydrogens is 264 g/mol. The summed E-state index contributed by atoms with van der Waals surface area (Å²) < 4.78 is 0. The highest BCUT2D eigenvalue weighted by Gasteiger charge is 2.10. The molecule has 2 N–H and O–H groups in total. The highest BCUT2D eigenvalue weighted by atomic mass is 16.2. The van der Waals surface area contributed by atoms with E-state index in [9.17, 15) is 9.59 Å². The van der Waals surface area contributed by atoms with Gasteiger partial charge in [0, 0.05) is 31.0 Å². The molecule has 0 aliphatic heterocycles. The Morgan fingerprint density at radius 2 is 1.76 bits per heavy atom. The Hall–Kier alpha value is -1.68. The third kappa shape index (κ3) is 6.54. The zero-order valence-corrected chi connectivity index (χ0v) is 13.2. The van der Waals surface area contributed by atoms with Crippen molar-refractivity contribution in [3.8, 4) is 0 Å². The molecule has 0 fully saturated rings. The first-order valence-corrected chi connectivity index (χ1v) is 7.69. The topological polar surface area (TPSA) is 58.2 Å². The van der Waals surface area contributed by atoms with Gasteiger partial charge in [-0.1, -0.05) is 38.1 Å². The Morgan fingerprint density at radius 1 is 1.10 bits per heavy atom. The molecule has 0 spiro atoms. The molecule has 21 heavy (non-hydrogen) atoms. The van der Waals surface area contributed by atoms with E-state index in [4.69, 9.17) is 0 Å². The average molecular weight is 290 g/mol. The number of carbonyl (C=O) groups excluding carboxylic acids is 2. The first kappa shape index (κ1) is 17.4. The number of carbonyl (C=O) groups is 2. The fraction of sp³-hybridized carbons (Fsp3) is 0.529. The molecule has 0 saturated heterocycles. The second kappa shape index (κ2) is 9.29. The van der Waals surface area contributed by atoms with Crippen LogP contribution < -0.4 is 10.6 Å². The van der Waals surface area contributed by atoms with Crippen molar-refractivity contribution in [3.63, 3.8) is 0 Å². The van der Waals surface area contributed by atoms with Gasteiger partial charge in [-0.2, -0.15) is 0 Å². The lowest BCUT2D eigenvalue weighted by atomic mass is 10.0. The Kier molecular flexibility index (Phi) is 7.69. The van der Waals surface area contributed by atoms with Crippen LogP contribution in [-0.4, -0.2) is 30.8 Å². The van der Waals surface area contributed by atoms with Crippen LogP contribution in [0.3, 0.4) is 0 Å². The maximum atomic E-state index is 12.0. The van der Waals surface area contributed by atoms with E-state index in [1.165, 1.54) is 5.56 Å². The van der Waals surface area contributed by atoms with Crippen LogP contribution >= 0.6 is 0 Å². The number of rotatable bonds is 9. The Morgan fingerprint density at radius 3 is 2.33 bits per heavy atom. The number of ketones is 1. The van der Waals surface area contributed by atoms with Gasteiger partial charge < -0.3 is 10.6 Å². The van der Waals surface area contributed by atoms with Crippen LogP contribution in [0.1, 0.15) is 49.5 Å². The normalized spacial score (nSPS) is 12.0. The molecule has 0 radical (unpaired) electrons. The van der Waals surface area contributed by atoms with Gasteiger partial charge >= 0.3 is 0 Å². The summed E-state index contributed by atoms with van der Waals surface area (Å²) in [6.45, 7) is 7.59. The van der Waals surface area contributed by atoms with E-state index >= 15 is 0 Å². The maximum absolute atomic E-state index is 12.0. The smallest absolute Gasteiger partial charge is 0.220 e. The summed E-state index contributed by atoms with van der Waals surface area (Å²) in [6, 6.07) is 7.85. The summed E-state index contributed by atoms with van der Waals surface area (Å²) in [7, 11) is 0. The highest BCUT2D eigenvalue weighted by molar-refractivity contribution is 5.97. The molecule has 4 heteroatoms. The zero-order chi connectivity index (χ0) is 15.7. The second-order valence-corrected chi connectivity index (χ2v) is 5.24. The largest absolute Gasteiger partial charge is 0.355 e. The van der Waals surface area contributed by atoms with Crippen molar-refractivity contribution in [2.45, 2.75) is 46.1 Å². The lowest BCUT2D eigenvalue weighted by Crippen LogP contribution is -2.38. The highest BCUT2D eigenvalue weighted by Crippen LogP contribution is 2.08. The molecular formula is C17H26N2O2. The van der Waals surface area contributed by atoms with Crippen LogP contribution in [0.5, 0.6) is 0 Å². The van der Waals surface area contributed by atoms with E-state index in [-0.39, 0.29) is 30.6 Å². The van der Waals surface area contributed by atoms with Crippen molar-refractivity contribution in [2.24, 2.45) is 0 Å². The van der Waals surface area contributed by atoms with E-state index in [1.807, 2.05) is 38.1 Å². The lowest BCUT2D eigenvalue weighted by Gasteiger charge is -2.13. The molecule has 1 aromatic carbocycles. The van der Waals surface area contributed by atoms with Gasteiger partial charge in [0.25, 0.3) is 0 Å². The molecule has 0 saturated carbocycles. The van der Waals surface area contributed by atoms with Crippen LogP contribution in [-0.2, 0) is 11.2 Å². The molecule has 116 valence electrons. The van der Waals surface area contributed by atoms with Crippen LogP contribution in [0.15, 0.2) is 24.3 Å². The number of nitrogens with one attached hydrogen (secondary N) is 2. The van der Waals surface area contributed by atoms with Crippen molar-refractivity contribution in [1.82, 2.24) is 10.6 Å². The van der Waals surface area contributed by atoms with Crippen molar-refractivity contribution in [2.75, 3.05) is 13.1 Å². The molecule has 0 aliphatic rings. The minimum Gasteiger partial charge on any atom is -0.355 e. The number of Topliss-reactive ketones (excluding diaryl/α,β-unsaturated/α-hetero) is 1. The summed E-state index contributed by atoms with van der Waals surface area (Å²) in [5, 5.41) is 6.06. The second-order valence-electron chi connectivity index (χ2n) is 5.24. The quantitative estimate of drug-likeness (QED) is 0.686. The third-order valence-electron chi connectivity index (χ3n) is 3.42. The Balaban J connectivity index is 2.33. The molecule has 1 aromatic rings. The first-order chi connectivity index (χ1) is 10.1. The van der Waals surface area contributed by atoms with Crippen molar-refractivity contribution in [1.29, 1.82) is 0 Å². The fourth-order valence-electron chi connectivity index (χ4n) is 2.07. The van der Waals surface area contributed by atoms with Gasteiger partial charge in [-0.3, -0.25) is 9.59 Å². The molecule has 1 amide bonds. The molecule has 0 aromatic heterocycles. The number of hydrogen-bond donors (Lipinski definition) is 2. The van der Waals surface area contributed by atoms with Gasteiger partial charge in [-0.15, -0.1) is 0 Å². The standard InChI is InChI=1S/C17H26N2O2/c1-4-14-6-8-15(9-7-14)16(20)10-11-17(21)19-12-13(3)18-5-2/h6-9,13,18H,4-5,10-12H2,1-3H3,(H,19,21)/t13-/m1/s1. The number of hydrogen-bond acceptors (Lipinski definition) is 3. The molecule has 0 heterocycles. The minimum atomic E-state index is -0.0710. The van der Waals surface area contributed by atoms with Crippen molar-refractivity contribution >= 4 is 11.7 Å². The number of aryl methyl sites for hydroxylation is 1. The van der Waals surface area contributed by atoms with Crippen molar-refractivity contribution < 1.29 is 9.59 Å². The minimum absolute atomic E-state index is 0.0209. The van der Waals surface area contributed by atoms with E-state index in [0.717, 1.165) is 13.0 Å². The molecule has 0 aliphatic carbocycles. The maximum Gasteiger partial charge on any atom is 0.220 e. The van der Waals surface area contributed by atoms with Crippen LogP contribution in [0.25, 0.3) is 0 Å². The SMILES string of the molecule is CCN[C@H](C)CNC(=O)CCC(=O)c1ccc(CC)cc1. The van der Waals surface area contributed by atoms with Gasteiger partial charge in [-0.05, 0) is 25.5 Å². The Bertz CT molecular complexity index is 454. The molecule has 0 unspecified atom stereocenters. The van der Waals surface area contributed by atoms with E-state index in [2.05, 4.69) is 17.6 Å². The fourth-order valence-corrected chi connectivity index (χ4v) is 2.07. The summed E-state index contributed by atoms with van der Waals surface area (Å²) in [4.78, 5) is 23.7. The van der Waals surface area contributed by atoms with Gasteiger partial charge in [0.2, 0.25) is 5.91 Å². The monoisotopic (exact) mass is 290 g/mol. The lowest BCUT2D eigenvalue weighted by molar-refractivity contribution is -0.121. The molecule has 1 rings (SSSR count). The summed E-state index contributed by atoms with van der Waals surface area (Å²) in [6.07, 6.45) is 1.46. The van der Waals surface area contributed by atoms with Crippen LogP contribution in [0.4, 0.5) is 0 Å². The van der Waals surface area contributed by atoms with Crippen LogP contribution in [0.2, 0.25) is 0 Å². The van der Waals surface area contributed by atoms with Crippen LogP contribution in [0, 0.1) is 0 Å². The predicted molar refractivity (Wildman–Crippen MR) is 85.5 cm³/mol. The summed E-state index contributed by atoms with van der Waals surface area (Å²) in [5.41, 5.74) is 1.89. The number of benzene rings is 1. The average Bonchev–Trinajstić information content (AvgIpc) is 2.51. The zero-order valence-electron chi connectivity index (χ0n) is 13.2. The van der Waals surface area contributed by atoms with E-state index in [0.29, 0.717) is 12.1 Å². The van der Waals surface area contributed by atoms with Gasteiger partial charge in [0.1, 0.15) is 0 Å². The van der Waals surface area contributed by atoms with E-state index in [1.54, 1.807) is 0 Å². The summed E-state index contributed by atoms with van der Waals surface area (Å²) in [5.74, 6) is -0.0502. The van der Waals surface area contributed by atoms with Gasteiger partial charge in [-0.25, -0.2) is 0 Å². The number of likely N-dealkylation sites (N-methyl/N-ethyl adjacent to an activating group) is 1. The summed E-state index contributed by atoms with van der Waals surface area (Å²) >= 11 is 0.